The lowest BCUT2D eigenvalue weighted by molar-refractivity contribution is 0.103. The highest BCUT2D eigenvalue weighted by Gasteiger charge is 2.56. The van der Waals surface area contributed by atoms with Crippen LogP contribution in [0.4, 0.5) is 17.1 Å². The summed E-state index contributed by atoms with van der Waals surface area (Å²) in [5.41, 5.74) is 47.5. The molecular formula is C119H103B4NO. The lowest BCUT2D eigenvalue weighted by atomic mass is 9.29. The maximum atomic E-state index is 20.0. The summed E-state index contributed by atoms with van der Waals surface area (Å²) in [5.74, 6) is 0.00873. The smallest absolute Gasteiger partial charge is 0.243 e. The van der Waals surface area contributed by atoms with Crippen LogP contribution >= 0.6 is 0 Å². The zero-order valence-electron chi connectivity index (χ0n) is 74.7. The quantitative estimate of drug-likeness (QED) is 0.0847. The molecule has 0 amide bonds. The molecule has 2 nitrogen and oxygen atoms in total. The van der Waals surface area contributed by atoms with Crippen molar-refractivity contribution in [2.45, 2.75) is 109 Å². The van der Waals surface area contributed by atoms with E-state index < -0.39 is 18.8 Å². The van der Waals surface area contributed by atoms with Gasteiger partial charge >= 0.3 is 0 Å². The lowest BCUT2D eigenvalue weighted by Crippen LogP contribution is -2.64. The fourth-order valence-corrected chi connectivity index (χ4v) is 22.5. The fraction of sp³-hybridized carbons (Fsp3) is 0.134. The van der Waals surface area contributed by atoms with E-state index in [9.17, 15) is 0 Å². The van der Waals surface area contributed by atoms with Gasteiger partial charge in [0.05, 0.1) is 16.8 Å². The molecule has 17 aromatic carbocycles. The van der Waals surface area contributed by atoms with Crippen LogP contribution in [0.3, 0.4) is 0 Å². The summed E-state index contributed by atoms with van der Waals surface area (Å²) >= 11 is 0. The minimum atomic E-state index is -1.43. The Morgan fingerprint density at radius 2 is 0.464 bits per heavy atom. The lowest BCUT2D eigenvalue weighted by Gasteiger charge is -2.51. The Morgan fingerprint density at radius 3 is 0.776 bits per heavy atom. The Bertz CT molecular complexity index is 6700. The van der Waals surface area contributed by atoms with Crippen molar-refractivity contribution in [3.8, 4) is 44.5 Å². The van der Waals surface area contributed by atoms with Crippen molar-refractivity contribution in [1.29, 1.82) is 0 Å². The predicted octanol–water partition coefficient (Wildman–Crippen LogP) is 20.8. The summed E-state index contributed by atoms with van der Waals surface area (Å²) in [6.07, 6.45) is 0. The van der Waals surface area contributed by atoms with Crippen molar-refractivity contribution < 1.29 is 4.79 Å². The number of carbonyl (C=O) groups is 1. The van der Waals surface area contributed by atoms with Crippen LogP contribution in [0.1, 0.15) is 122 Å². The summed E-state index contributed by atoms with van der Waals surface area (Å²) in [7, 11) is 0. The van der Waals surface area contributed by atoms with Crippen molar-refractivity contribution in [1.82, 2.24) is 0 Å². The zero-order valence-corrected chi connectivity index (χ0v) is 74.7. The molecule has 2 aliphatic rings. The van der Waals surface area contributed by atoms with E-state index in [1.54, 1.807) is 0 Å². The van der Waals surface area contributed by atoms with Gasteiger partial charge in [-0.3, -0.25) is 4.79 Å². The van der Waals surface area contributed by atoms with Crippen molar-refractivity contribution in [2.24, 2.45) is 0 Å². The van der Waals surface area contributed by atoms with Gasteiger partial charge in [0, 0.05) is 16.8 Å². The number of carbonyl (C=O) groups excluding carboxylic acids is 1. The number of fused-ring (bicyclic) bond motifs is 8. The zero-order chi connectivity index (χ0) is 86.4. The first kappa shape index (κ1) is 81.2. The molecule has 1 heterocycles. The molecule has 0 saturated heterocycles. The minimum Gasteiger partial charge on any atom is -0.310 e. The summed E-state index contributed by atoms with van der Waals surface area (Å²) in [4.78, 5) is 22.6. The average Bonchev–Trinajstić information content (AvgIpc) is 0.661. The molecule has 6 heteroatoms. The Kier molecular flexibility index (Phi) is 21.4. The van der Waals surface area contributed by atoms with Crippen LogP contribution in [0.2, 0.25) is 0 Å². The molecule has 125 heavy (non-hydrogen) atoms. The monoisotopic (exact) mass is 1610 g/mol. The third kappa shape index (κ3) is 13.9. The number of benzene rings is 17. The highest BCUT2D eigenvalue weighted by Crippen LogP contribution is 2.62. The Balaban J connectivity index is 1.13. The van der Waals surface area contributed by atoms with Gasteiger partial charge in [0.2, 0.25) is 26.9 Å². The normalized spacial score (nSPS) is 12.3. The highest BCUT2D eigenvalue weighted by molar-refractivity contribution is 7.01. The average molecular weight is 1610 g/mol. The Morgan fingerprint density at radius 1 is 0.200 bits per heavy atom. The molecule has 17 aromatic rings. The van der Waals surface area contributed by atoms with Crippen molar-refractivity contribution in [3.63, 3.8) is 0 Å². The topological polar surface area (TPSA) is 20.3 Å². The van der Waals surface area contributed by atoms with Gasteiger partial charge in [-0.15, -0.1) is 0 Å². The highest BCUT2D eigenvalue weighted by atomic mass is 16.1. The Hall–Kier alpha value is -13.5. The molecule has 1 aliphatic heterocycles. The van der Waals surface area contributed by atoms with E-state index in [0.717, 1.165) is 156 Å². The SMILES string of the molecule is Cc1ccccc1B(c1cc(B(c2c(C)cccc2C)c2c(C)cccc2C)cc2c1C(=O)c1c(B(c3c(C)cccc3C)c3c(C)cccc3C)cc(B(c3c(C)cccc3C)c3c(C)cccc3C)cc1C21c2cc(-c3ccccc3)ccc2N(c2cc(-c3ccccc3)cc(-c3ccccc3)c2)c2ccc(-c3ccccc3)cc21)c1c(C)cccc1C. The third-order valence-electron chi connectivity index (χ3n) is 28.1. The maximum absolute atomic E-state index is 20.0. The van der Waals surface area contributed by atoms with Crippen LogP contribution < -0.4 is 70.5 Å². The van der Waals surface area contributed by atoms with Gasteiger partial charge in [-0.25, -0.2) is 0 Å². The molecule has 1 spiro atoms. The van der Waals surface area contributed by atoms with Gasteiger partial charge in [0.1, 0.15) is 0 Å². The van der Waals surface area contributed by atoms with E-state index in [1.807, 2.05) is 0 Å². The molecule has 0 unspecified atom stereocenters. The molecule has 0 aromatic heterocycles. The van der Waals surface area contributed by atoms with Gasteiger partial charge in [-0.05, 0) is 213 Å². The molecule has 0 saturated carbocycles. The number of aryl methyl sites for hydroxylation is 15. The van der Waals surface area contributed by atoms with Crippen LogP contribution in [0.15, 0.2) is 352 Å². The minimum absolute atomic E-state index is 0.00873. The second-order valence-electron chi connectivity index (χ2n) is 35.9. The van der Waals surface area contributed by atoms with Crippen molar-refractivity contribution in [3.05, 3.63) is 469 Å². The summed E-state index contributed by atoms with van der Waals surface area (Å²) in [5, 5.41) is 0. The molecule has 0 bridgehead atoms. The number of nitrogens with zero attached hydrogens (tertiary/aromatic N) is 1. The first-order valence-electron chi connectivity index (χ1n) is 44.5. The van der Waals surface area contributed by atoms with Gasteiger partial charge in [-0.1, -0.05) is 458 Å². The van der Waals surface area contributed by atoms with E-state index in [-0.39, 0.29) is 19.2 Å². The van der Waals surface area contributed by atoms with Crippen LogP contribution in [-0.2, 0) is 5.41 Å². The van der Waals surface area contributed by atoms with E-state index in [1.165, 1.54) is 82.7 Å². The first-order valence-corrected chi connectivity index (χ1v) is 44.5. The molecular weight excluding hydrogens is 1500 g/mol. The maximum Gasteiger partial charge on any atom is 0.243 e. The second-order valence-corrected chi connectivity index (χ2v) is 35.9. The van der Waals surface area contributed by atoms with Crippen molar-refractivity contribution in [2.75, 3.05) is 4.90 Å². The summed E-state index contributed by atoms with van der Waals surface area (Å²) in [6, 6.07) is 133. The van der Waals surface area contributed by atoms with Crippen LogP contribution in [0, 0.1) is 104 Å². The summed E-state index contributed by atoms with van der Waals surface area (Å²) in [6.45, 7) is 33.0. The van der Waals surface area contributed by atoms with Crippen LogP contribution in [0.25, 0.3) is 44.5 Å². The number of rotatable bonds is 17. The van der Waals surface area contributed by atoms with Gasteiger partial charge in [0.15, 0.2) is 5.78 Å². The van der Waals surface area contributed by atoms with Crippen LogP contribution in [0.5, 0.6) is 0 Å². The van der Waals surface area contributed by atoms with Gasteiger partial charge in [0.25, 0.3) is 0 Å². The summed E-state index contributed by atoms with van der Waals surface area (Å²) < 4.78 is 0. The molecule has 1 aliphatic carbocycles. The van der Waals surface area contributed by atoms with Gasteiger partial charge < -0.3 is 4.90 Å². The number of hydrogen-bond acceptors (Lipinski definition) is 2. The first-order chi connectivity index (χ1) is 60.7. The Labute approximate surface area is 742 Å². The largest absolute Gasteiger partial charge is 0.310 e. The molecule has 0 radical (unpaired) electrons. The number of ketones is 1. The van der Waals surface area contributed by atoms with E-state index in [2.05, 4.69) is 461 Å². The predicted molar refractivity (Wildman–Crippen MR) is 539 cm³/mol. The molecule has 0 fully saturated rings. The van der Waals surface area contributed by atoms with Crippen LogP contribution in [-0.4, -0.2) is 32.6 Å². The van der Waals surface area contributed by atoms with E-state index in [4.69, 9.17) is 0 Å². The molecule has 19 rings (SSSR count). The van der Waals surface area contributed by atoms with E-state index in [0.29, 0.717) is 5.56 Å². The standard InChI is InChI=1S/C119H103B4NO/c1-74-37-28-29-60-104(74)122(115-83(10)46-34-47-84(115)11)105-72-97(120(111-75(2)38-30-39-76(111)3)112-77(4)40-31-41-78(112)5)70-102-109(105)118(125)110-103(71-98(121(113-79(6)42-32-43-80(113)7)114-81(8)44-33-45-82(114)9)73-106(110)123(116-85(12)48-35-49-86(116)13)117-87(14)50-36-51-88(117)15)119(102)100-68-93(89-52-20-16-21-53-89)61-63-107(100)124(108-64-62-94(69-101(108)119)90-54-22-17-23-55-90)99-66-95(91-56-24-18-25-57-91)65-96(67-99)92-58-26-19-27-59-92/h16-73H,1-15H3. The second kappa shape index (κ2) is 32.9. The third-order valence-corrected chi connectivity index (χ3v) is 28.1. The molecule has 0 atom stereocenters. The molecule has 0 N–H and O–H groups in total. The van der Waals surface area contributed by atoms with E-state index >= 15 is 4.79 Å². The molecule has 602 valence electrons. The van der Waals surface area contributed by atoms with Crippen molar-refractivity contribution >= 4 is 115 Å². The van der Waals surface area contributed by atoms with Gasteiger partial charge in [-0.2, -0.15) is 0 Å². The number of anilines is 3. The fourth-order valence-electron chi connectivity index (χ4n) is 22.5. The number of hydrogen-bond donors (Lipinski definition) is 0.